The lowest BCUT2D eigenvalue weighted by atomic mass is 10.1. The van der Waals surface area contributed by atoms with E-state index in [2.05, 4.69) is 26.2 Å². The average molecular weight is 496 g/mol. The van der Waals surface area contributed by atoms with E-state index in [1.165, 1.54) is 6.07 Å². The first-order valence-corrected chi connectivity index (χ1v) is 10.4. The normalized spacial score (nSPS) is 10.8. The molecular formula is C23H18BrN3O5. The number of carbonyl (C=O) groups is 2. The number of rotatable bonds is 5. The van der Waals surface area contributed by atoms with E-state index in [1.807, 2.05) is 6.07 Å². The highest BCUT2D eigenvalue weighted by Gasteiger charge is 2.17. The topological polar surface area (TPSA) is 103 Å². The first-order chi connectivity index (χ1) is 15.3. The van der Waals surface area contributed by atoms with Crippen LogP contribution in [0.15, 0.2) is 68.4 Å². The van der Waals surface area contributed by atoms with Gasteiger partial charge in [0.2, 0.25) is 0 Å². The van der Waals surface area contributed by atoms with Crippen LogP contribution in [0.25, 0.3) is 5.65 Å². The molecule has 162 valence electrons. The Hall–Kier alpha value is -3.72. The summed E-state index contributed by atoms with van der Waals surface area (Å²) in [6, 6.07) is 14.9. The van der Waals surface area contributed by atoms with Crippen molar-refractivity contribution in [1.29, 1.82) is 0 Å². The van der Waals surface area contributed by atoms with Gasteiger partial charge in [-0.15, -0.1) is 4.57 Å². The smallest absolute Gasteiger partial charge is 0.338 e. The largest absolute Gasteiger partial charge is 0.456 e. The van der Waals surface area contributed by atoms with Gasteiger partial charge in [-0.05, 0) is 59.6 Å². The molecule has 0 saturated heterocycles. The number of fused-ring (bicyclic) bond motifs is 1. The van der Waals surface area contributed by atoms with E-state index >= 15 is 0 Å². The molecule has 0 spiro atoms. The summed E-state index contributed by atoms with van der Waals surface area (Å²) in [4.78, 5) is 41.7. The van der Waals surface area contributed by atoms with Crippen molar-refractivity contribution >= 4 is 39.1 Å². The molecule has 2 aromatic heterocycles. The van der Waals surface area contributed by atoms with E-state index in [1.54, 1.807) is 56.3 Å². The van der Waals surface area contributed by atoms with Gasteiger partial charge in [-0.25, -0.2) is 9.78 Å². The van der Waals surface area contributed by atoms with Crippen molar-refractivity contribution in [1.82, 2.24) is 9.56 Å². The van der Waals surface area contributed by atoms with Gasteiger partial charge < -0.3 is 14.6 Å². The van der Waals surface area contributed by atoms with Crippen molar-refractivity contribution in [2.45, 2.75) is 20.5 Å². The van der Waals surface area contributed by atoms with Gasteiger partial charge in [0.1, 0.15) is 12.4 Å². The maximum Gasteiger partial charge on any atom is 0.338 e. The number of esters is 1. The molecule has 0 aliphatic rings. The van der Waals surface area contributed by atoms with Crippen molar-refractivity contribution in [3.63, 3.8) is 0 Å². The van der Waals surface area contributed by atoms with E-state index in [9.17, 15) is 14.4 Å². The van der Waals surface area contributed by atoms with Crippen molar-refractivity contribution < 1.29 is 18.8 Å². The molecule has 32 heavy (non-hydrogen) atoms. The predicted molar refractivity (Wildman–Crippen MR) is 121 cm³/mol. The summed E-state index contributed by atoms with van der Waals surface area (Å²) in [5.41, 5.74) is 2.07. The first kappa shape index (κ1) is 21.5. The SMILES string of the molecule is Cc1cc2nc(COC(=O)c3cccc(NC(=O)c4ccccc4Br)c3C)cc(=O)n2o1. The molecule has 0 saturated carbocycles. The lowest BCUT2D eigenvalue weighted by molar-refractivity contribution is 0.0466. The summed E-state index contributed by atoms with van der Waals surface area (Å²) in [6.45, 7) is 3.25. The molecule has 0 aliphatic carbocycles. The zero-order valence-corrected chi connectivity index (χ0v) is 18.8. The molecule has 0 aliphatic heterocycles. The number of hydrogen-bond donors (Lipinski definition) is 1. The highest BCUT2D eigenvalue weighted by Crippen LogP contribution is 2.23. The Balaban J connectivity index is 1.50. The van der Waals surface area contributed by atoms with Crippen LogP contribution in [0.2, 0.25) is 0 Å². The number of anilines is 1. The molecule has 2 aromatic carbocycles. The molecule has 0 bridgehead atoms. The molecule has 4 rings (SSSR count). The Morgan fingerprint density at radius 1 is 1.09 bits per heavy atom. The zero-order chi connectivity index (χ0) is 22.8. The number of ether oxygens (including phenoxy) is 1. The lowest BCUT2D eigenvalue weighted by Crippen LogP contribution is -2.16. The number of aryl methyl sites for hydroxylation is 1. The van der Waals surface area contributed by atoms with E-state index in [4.69, 9.17) is 9.26 Å². The van der Waals surface area contributed by atoms with Crippen LogP contribution in [-0.2, 0) is 11.3 Å². The average Bonchev–Trinajstić information content (AvgIpc) is 3.14. The van der Waals surface area contributed by atoms with Gasteiger partial charge in [-0.2, -0.15) is 0 Å². The summed E-state index contributed by atoms with van der Waals surface area (Å²) in [5, 5.41) is 2.82. The number of nitrogens with one attached hydrogen (secondary N) is 1. The van der Waals surface area contributed by atoms with Crippen molar-refractivity contribution in [2.75, 3.05) is 5.32 Å². The number of aromatic nitrogens is 2. The fourth-order valence-electron chi connectivity index (χ4n) is 3.19. The quantitative estimate of drug-likeness (QED) is 0.414. The van der Waals surface area contributed by atoms with Crippen molar-refractivity contribution in [2.24, 2.45) is 0 Å². The van der Waals surface area contributed by atoms with Crippen LogP contribution < -0.4 is 10.9 Å². The fourth-order valence-corrected chi connectivity index (χ4v) is 3.66. The number of hydrogen-bond acceptors (Lipinski definition) is 6. The van der Waals surface area contributed by atoms with E-state index in [0.29, 0.717) is 44.0 Å². The highest BCUT2D eigenvalue weighted by molar-refractivity contribution is 9.10. The third-order valence-corrected chi connectivity index (χ3v) is 5.49. The zero-order valence-electron chi connectivity index (χ0n) is 17.2. The maximum absolute atomic E-state index is 12.7. The van der Waals surface area contributed by atoms with E-state index in [-0.39, 0.29) is 12.5 Å². The molecule has 0 fully saturated rings. The Morgan fingerprint density at radius 2 is 1.84 bits per heavy atom. The van der Waals surface area contributed by atoms with Gasteiger partial charge >= 0.3 is 5.97 Å². The predicted octanol–water partition coefficient (Wildman–Crippen LogP) is 4.28. The molecule has 8 nitrogen and oxygen atoms in total. The molecule has 1 amide bonds. The number of benzene rings is 2. The number of amides is 1. The number of nitrogens with zero attached hydrogens (tertiary/aromatic N) is 2. The Morgan fingerprint density at radius 3 is 2.62 bits per heavy atom. The second kappa shape index (κ2) is 8.80. The standard InChI is InChI=1S/C23H18BrN3O5/c1-13-10-20-25-15(11-21(28)27(20)32-13)12-31-23(30)16-7-5-9-19(14(16)2)26-22(29)17-6-3-4-8-18(17)24/h3-11H,12H2,1-2H3,(H,26,29). The maximum atomic E-state index is 12.7. The lowest BCUT2D eigenvalue weighted by Gasteiger charge is -2.13. The monoisotopic (exact) mass is 495 g/mol. The summed E-state index contributed by atoms with van der Waals surface area (Å²) >= 11 is 3.36. The molecular weight excluding hydrogens is 478 g/mol. The summed E-state index contributed by atoms with van der Waals surface area (Å²) in [7, 11) is 0. The van der Waals surface area contributed by atoms with Crippen LogP contribution in [0, 0.1) is 13.8 Å². The molecule has 2 heterocycles. The van der Waals surface area contributed by atoms with Crippen molar-refractivity contribution in [3.8, 4) is 0 Å². The molecule has 0 atom stereocenters. The highest BCUT2D eigenvalue weighted by atomic mass is 79.9. The molecule has 0 unspecified atom stereocenters. The van der Waals surface area contributed by atoms with Crippen LogP contribution in [0.1, 0.15) is 37.7 Å². The Labute approximate surface area is 190 Å². The minimum atomic E-state index is -0.593. The number of halogens is 1. The second-order valence-corrected chi connectivity index (χ2v) is 7.93. The van der Waals surface area contributed by atoms with Gasteiger partial charge in [0, 0.05) is 22.3 Å². The Kier molecular flexibility index (Phi) is 5.91. The number of carbonyl (C=O) groups excluding carboxylic acids is 2. The van der Waals surface area contributed by atoms with Gasteiger partial charge in [0.15, 0.2) is 5.65 Å². The second-order valence-electron chi connectivity index (χ2n) is 7.07. The van der Waals surface area contributed by atoms with Crippen LogP contribution in [0.5, 0.6) is 0 Å². The molecule has 0 radical (unpaired) electrons. The summed E-state index contributed by atoms with van der Waals surface area (Å²) in [5.74, 6) is -0.356. The van der Waals surface area contributed by atoms with E-state index < -0.39 is 11.5 Å². The van der Waals surface area contributed by atoms with Crippen LogP contribution in [0.4, 0.5) is 5.69 Å². The Bertz CT molecular complexity index is 1410. The summed E-state index contributed by atoms with van der Waals surface area (Å²) in [6.07, 6.45) is 0. The third kappa shape index (κ3) is 4.33. The fraction of sp³-hybridized carbons (Fsp3) is 0.130. The third-order valence-electron chi connectivity index (χ3n) is 4.80. The van der Waals surface area contributed by atoms with Crippen LogP contribution in [-0.4, -0.2) is 21.4 Å². The minimum Gasteiger partial charge on any atom is -0.456 e. The first-order valence-electron chi connectivity index (χ1n) is 9.65. The molecule has 1 N–H and O–H groups in total. The van der Waals surface area contributed by atoms with Crippen LogP contribution >= 0.6 is 15.9 Å². The van der Waals surface area contributed by atoms with Gasteiger partial charge in [0.05, 0.1) is 16.8 Å². The van der Waals surface area contributed by atoms with Gasteiger partial charge in [-0.1, -0.05) is 18.2 Å². The summed E-state index contributed by atoms with van der Waals surface area (Å²) < 4.78 is 12.4. The van der Waals surface area contributed by atoms with Crippen molar-refractivity contribution in [3.05, 3.63) is 97.6 Å². The van der Waals surface area contributed by atoms with Gasteiger partial charge in [-0.3, -0.25) is 9.59 Å². The van der Waals surface area contributed by atoms with Gasteiger partial charge in [0.25, 0.3) is 11.5 Å². The van der Waals surface area contributed by atoms with Crippen LogP contribution in [0.3, 0.4) is 0 Å². The molecule has 4 aromatic rings. The molecule has 9 heteroatoms. The van der Waals surface area contributed by atoms with E-state index in [0.717, 1.165) is 4.57 Å². The minimum absolute atomic E-state index is 0.179.